The van der Waals surface area contributed by atoms with E-state index in [0.717, 1.165) is 11.3 Å². The van der Waals surface area contributed by atoms with Crippen LogP contribution < -0.4 is 10.2 Å². The third-order valence-electron chi connectivity index (χ3n) is 4.35. The molecule has 1 N–H and O–H groups in total. The Hall–Kier alpha value is -2.57. The van der Waals surface area contributed by atoms with Crippen molar-refractivity contribution in [3.8, 4) is 0 Å². The largest absolute Gasteiger partial charge is 0.455 e. The maximum atomic E-state index is 12.3. The number of amides is 2. The molecule has 1 atom stereocenters. The third-order valence-corrected chi connectivity index (χ3v) is 4.92. The Kier molecular flexibility index (Phi) is 6.21. The number of carbonyl (C=O) groups excluding carboxylic acids is 3. The number of halogens is 2. The van der Waals surface area contributed by atoms with Gasteiger partial charge in [-0.05, 0) is 37.3 Å². The Balaban J connectivity index is 1.53. The lowest BCUT2D eigenvalue weighted by Crippen LogP contribution is -2.28. The Morgan fingerprint density at radius 1 is 1.18 bits per heavy atom. The van der Waals surface area contributed by atoms with Crippen LogP contribution in [0.2, 0.25) is 10.0 Å². The lowest BCUT2D eigenvalue weighted by molar-refractivity contribution is -0.151. The molecule has 0 aromatic heterocycles. The summed E-state index contributed by atoms with van der Waals surface area (Å²) in [6, 6.07) is 12.1. The smallest absolute Gasteiger partial charge is 0.311 e. The molecule has 1 aliphatic heterocycles. The summed E-state index contributed by atoms with van der Waals surface area (Å²) in [6.07, 6.45) is 0.0500. The van der Waals surface area contributed by atoms with Crippen molar-refractivity contribution in [2.75, 3.05) is 23.4 Å². The average Bonchev–Trinajstić information content (AvgIpc) is 3.05. The zero-order chi connectivity index (χ0) is 20.3. The number of nitrogens with one attached hydrogen (secondary N) is 1. The van der Waals surface area contributed by atoms with Gasteiger partial charge < -0.3 is 15.0 Å². The Morgan fingerprint density at radius 3 is 2.61 bits per heavy atom. The topological polar surface area (TPSA) is 75.7 Å². The van der Waals surface area contributed by atoms with Crippen LogP contribution in [0.25, 0.3) is 0 Å². The molecule has 8 heteroatoms. The minimum Gasteiger partial charge on any atom is -0.455 e. The lowest BCUT2D eigenvalue weighted by atomic mass is 10.1. The number of esters is 1. The van der Waals surface area contributed by atoms with Gasteiger partial charge in [-0.25, -0.2) is 0 Å². The normalized spacial score (nSPS) is 16.2. The molecule has 28 heavy (non-hydrogen) atoms. The van der Waals surface area contributed by atoms with Crippen LogP contribution in [-0.2, 0) is 19.1 Å². The van der Waals surface area contributed by atoms with Gasteiger partial charge in [0, 0.05) is 23.7 Å². The molecule has 0 radical (unpaired) electrons. The summed E-state index contributed by atoms with van der Waals surface area (Å²) in [6.45, 7) is 1.71. The molecule has 1 saturated heterocycles. The van der Waals surface area contributed by atoms with Crippen LogP contribution in [-0.4, -0.2) is 30.9 Å². The minimum absolute atomic E-state index is 0.0500. The summed E-state index contributed by atoms with van der Waals surface area (Å²) in [5, 5.41) is 3.27. The fourth-order valence-electron chi connectivity index (χ4n) is 2.87. The molecule has 0 spiro atoms. The van der Waals surface area contributed by atoms with Crippen molar-refractivity contribution < 1.29 is 19.1 Å². The van der Waals surface area contributed by atoms with Crippen LogP contribution in [0.5, 0.6) is 0 Å². The Bertz CT molecular complexity index is 915. The molecule has 0 aliphatic carbocycles. The van der Waals surface area contributed by atoms with Crippen LogP contribution >= 0.6 is 23.2 Å². The van der Waals surface area contributed by atoms with Gasteiger partial charge in [0.1, 0.15) is 0 Å². The van der Waals surface area contributed by atoms with Crippen molar-refractivity contribution in [2.45, 2.75) is 13.3 Å². The second-order valence-electron chi connectivity index (χ2n) is 6.52. The molecule has 1 aliphatic rings. The number of carbonyl (C=O) groups is 3. The zero-order valence-electron chi connectivity index (χ0n) is 15.1. The van der Waals surface area contributed by atoms with Crippen LogP contribution in [0.1, 0.15) is 12.0 Å². The highest BCUT2D eigenvalue weighted by Crippen LogP contribution is 2.27. The highest BCUT2D eigenvalue weighted by Gasteiger charge is 2.36. The van der Waals surface area contributed by atoms with Crippen molar-refractivity contribution in [3.05, 3.63) is 58.1 Å². The number of hydrogen-bond acceptors (Lipinski definition) is 4. The molecular weight excluding hydrogens is 403 g/mol. The first-order valence-electron chi connectivity index (χ1n) is 8.62. The van der Waals surface area contributed by atoms with Crippen LogP contribution in [0.15, 0.2) is 42.5 Å². The first-order chi connectivity index (χ1) is 13.3. The summed E-state index contributed by atoms with van der Waals surface area (Å²) in [7, 11) is 0. The van der Waals surface area contributed by atoms with E-state index in [4.69, 9.17) is 27.9 Å². The first kappa shape index (κ1) is 20.2. The molecule has 3 rings (SSSR count). The molecule has 0 bridgehead atoms. The quantitative estimate of drug-likeness (QED) is 0.745. The predicted molar refractivity (Wildman–Crippen MR) is 108 cm³/mol. The second kappa shape index (κ2) is 8.63. The maximum absolute atomic E-state index is 12.3. The van der Waals surface area contributed by atoms with Crippen molar-refractivity contribution in [1.82, 2.24) is 0 Å². The fourth-order valence-corrected chi connectivity index (χ4v) is 3.21. The summed E-state index contributed by atoms with van der Waals surface area (Å²) in [5.41, 5.74) is 2.15. The molecule has 0 unspecified atom stereocenters. The summed E-state index contributed by atoms with van der Waals surface area (Å²) in [5.74, 6) is -1.90. The van der Waals surface area contributed by atoms with Gasteiger partial charge >= 0.3 is 5.97 Å². The van der Waals surface area contributed by atoms with Gasteiger partial charge in [0.15, 0.2) is 6.61 Å². The van der Waals surface area contributed by atoms with Crippen molar-refractivity contribution >= 4 is 52.4 Å². The van der Waals surface area contributed by atoms with Crippen LogP contribution in [0.4, 0.5) is 11.4 Å². The van der Waals surface area contributed by atoms with Gasteiger partial charge in [-0.2, -0.15) is 0 Å². The Labute approximate surface area is 172 Å². The number of benzene rings is 2. The highest BCUT2D eigenvalue weighted by atomic mass is 35.5. The van der Waals surface area contributed by atoms with E-state index in [-0.39, 0.29) is 18.9 Å². The molecule has 2 aromatic carbocycles. The molecular formula is C20H18Cl2N2O4. The third kappa shape index (κ3) is 4.82. The highest BCUT2D eigenvalue weighted by molar-refractivity contribution is 6.35. The summed E-state index contributed by atoms with van der Waals surface area (Å²) < 4.78 is 5.08. The lowest BCUT2D eigenvalue weighted by Gasteiger charge is -2.16. The number of aryl methyl sites for hydroxylation is 1. The van der Waals surface area contributed by atoms with Crippen LogP contribution in [0, 0.1) is 12.8 Å². The number of nitrogens with zero attached hydrogens (tertiary/aromatic N) is 1. The number of ether oxygens (including phenoxy) is 1. The second-order valence-corrected chi connectivity index (χ2v) is 7.36. The standard InChI is InChI=1S/C20H18Cl2N2O4/c1-12-2-5-15(6-3-12)24-10-13(8-19(24)26)20(27)28-11-18(25)23-17-9-14(21)4-7-16(17)22/h2-7,9,13H,8,10-11H2,1H3,(H,23,25)/t13-/m0/s1. The van der Waals surface area contributed by atoms with Gasteiger partial charge in [-0.1, -0.05) is 40.9 Å². The van der Waals surface area contributed by atoms with E-state index in [0.29, 0.717) is 15.7 Å². The SMILES string of the molecule is Cc1ccc(N2C[C@@H](C(=O)OCC(=O)Nc3cc(Cl)ccc3Cl)CC2=O)cc1. The van der Waals surface area contributed by atoms with E-state index in [2.05, 4.69) is 5.32 Å². The predicted octanol–water partition coefficient (Wildman–Crippen LogP) is 3.84. The van der Waals surface area contributed by atoms with E-state index >= 15 is 0 Å². The molecule has 2 amide bonds. The molecule has 1 fully saturated rings. The van der Waals surface area contributed by atoms with Gasteiger partial charge in [0.25, 0.3) is 5.91 Å². The molecule has 2 aromatic rings. The molecule has 1 heterocycles. The summed E-state index contributed by atoms with van der Waals surface area (Å²) >= 11 is 11.9. The number of hydrogen-bond donors (Lipinski definition) is 1. The van der Waals surface area contributed by atoms with Gasteiger partial charge in [-0.15, -0.1) is 0 Å². The van der Waals surface area contributed by atoms with Gasteiger partial charge in [0.2, 0.25) is 5.91 Å². The fraction of sp³-hybridized carbons (Fsp3) is 0.250. The molecule has 6 nitrogen and oxygen atoms in total. The van der Waals surface area contributed by atoms with Crippen molar-refractivity contribution in [2.24, 2.45) is 5.92 Å². The summed E-state index contributed by atoms with van der Waals surface area (Å²) in [4.78, 5) is 38.1. The van der Waals surface area contributed by atoms with E-state index in [1.165, 1.54) is 6.07 Å². The first-order valence-corrected chi connectivity index (χ1v) is 9.37. The average molecular weight is 421 g/mol. The van der Waals surface area contributed by atoms with Gasteiger partial charge in [0.05, 0.1) is 16.6 Å². The van der Waals surface area contributed by atoms with Crippen molar-refractivity contribution in [3.63, 3.8) is 0 Å². The minimum atomic E-state index is -0.614. The van der Waals surface area contributed by atoms with E-state index in [1.54, 1.807) is 17.0 Å². The zero-order valence-corrected chi connectivity index (χ0v) is 16.6. The monoisotopic (exact) mass is 420 g/mol. The maximum Gasteiger partial charge on any atom is 0.311 e. The number of rotatable bonds is 5. The molecule has 146 valence electrons. The molecule has 0 saturated carbocycles. The van der Waals surface area contributed by atoms with Crippen LogP contribution in [0.3, 0.4) is 0 Å². The van der Waals surface area contributed by atoms with E-state index in [9.17, 15) is 14.4 Å². The van der Waals surface area contributed by atoms with Crippen molar-refractivity contribution in [1.29, 1.82) is 0 Å². The number of anilines is 2. The van der Waals surface area contributed by atoms with Gasteiger partial charge in [-0.3, -0.25) is 14.4 Å². The van der Waals surface area contributed by atoms with E-state index in [1.807, 2.05) is 31.2 Å². The Morgan fingerprint density at radius 2 is 1.89 bits per heavy atom. The van der Waals surface area contributed by atoms with E-state index < -0.39 is 24.4 Å².